The third-order valence-electron chi connectivity index (χ3n) is 4.28. The maximum Gasteiger partial charge on any atom is 0.338 e. The van der Waals surface area contributed by atoms with E-state index in [2.05, 4.69) is 0 Å². The van der Waals surface area contributed by atoms with E-state index >= 15 is 0 Å². The molecule has 6 heteroatoms. The Morgan fingerprint density at radius 3 is 2.59 bits per heavy atom. The number of methoxy groups -OCH3 is 1. The van der Waals surface area contributed by atoms with Crippen LogP contribution in [-0.4, -0.2) is 25.0 Å². The highest BCUT2D eigenvalue weighted by Crippen LogP contribution is 2.47. The van der Waals surface area contributed by atoms with Gasteiger partial charge in [0, 0.05) is 28.5 Å². The van der Waals surface area contributed by atoms with E-state index in [0.29, 0.717) is 15.6 Å². The molecule has 4 nitrogen and oxygen atoms in total. The maximum absolute atomic E-state index is 12.1. The molecule has 0 amide bonds. The van der Waals surface area contributed by atoms with E-state index in [1.807, 2.05) is 0 Å². The molecule has 2 fully saturated rings. The van der Waals surface area contributed by atoms with Gasteiger partial charge in [0.1, 0.15) is 6.10 Å². The SMILES string of the molecule is COC(=O)C1OC2(CCCCC2)OC1c1ccc(Cl)cc1Cl. The summed E-state index contributed by atoms with van der Waals surface area (Å²) in [6.07, 6.45) is 3.38. The van der Waals surface area contributed by atoms with Gasteiger partial charge in [-0.25, -0.2) is 4.79 Å². The third kappa shape index (κ3) is 2.98. The number of hydrogen-bond acceptors (Lipinski definition) is 4. The topological polar surface area (TPSA) is 44.8 Å². The van der Waals surface area contributed by atoms with Crippen LogP contribution in [0.5, 0.6) is 0 Å². The van der Waals surface area contributed by atoms with Gasteiger partial charge in [-0.05, 0) is 25.0 Å². The summed E-state index contributed by atoms with van der Waals surface area (Å²) in [5.74, 6) is -1.15. The first-order valence-electron chi connectivity index (χ1n) is 7.43. The summed E-state index contributed by atoms with van der Waals surface area (Å²) in [5.41, 5.74) is 0.698. The van der Waals surface area contributed by atoms with Crippen LogP contribution >= 0.6 is 23.2 Å². The lowest BCUT2D eigenvalue weighted by atomic mass is 9.94. The number of halogens is 2. The van der Waals surface area contributed by atoms with Crippen molar-refractivity contribution in [1.82, 2.24) is 0 Å². The average Bonchev–Trinajstić information content (AvgIpc) is 2.86. The Morgan fingerprint density at radius 1 is 1.23 bits per heavy atom. The largest absolute Gasteiger partial charge is 0.467 e. The normalized spacial score (nSPS) is 27.0. The summed E-state index contributed by atoms with van der Waals surface area (Å²) >= 11 is 12.2. The molecule has 1 aliphatic heterocycles. The molecular weight excluding hydrogens is 327 g/mol. The number of benzene rings is 1. The van der Waals surface area contributed by atoms with Crippen molar-refractivity contribution in [3.05, 3.63) is 33.8 Å². The molecule has 2 atom stereocenters. The Balaban J connectivity index is 1.94. The number of carbonyl (C=O) groups is 1. The zero-order valence-electron chi connectivity index (χ0n) is 12.3. The first-order valence-corrected chi connectivity index (χ1v) is 8.19. The summed E-state index contributed by atoms with van der Waals surface area (Å²) in [4.78, 5) is 12.1. The molecule has 1 saturated heterocycles. The van der Waals surface area contributed by atoms with Gasteiger partial charge in [0.15, 0.2) is 11.9 Å². The molecular formula is C16H18Cl2O4. The molecule has 0 bridgehead atoms. The van der Waals surface area contributed by atoms with Gasteiger partial charge >= 0.3 is 5.97 Å². The molecule has 2 unspecified atom stereocenters. The molecule has 0 radical (unpaired) electrons. The van der Waals surface area contributed by atoms with Gasteiger partial charge in [0.05, 0.1) is 7.11 Å². The minimum Gasteiger partial charge on any atom is -0.467 e. The summed E-state index contributed by atoms with van der Waals surface area (Å²) < 4.78 is 17.1. The molecule has 1 aliphatic carbocycles. The number of carbonyl (C=O) groups excluding carboxylic acids is 1. The van der Waals surface area contributed by atoms with Crippen molar-refractivity contribution >= 4 is 29.2 Å². The molecule has 120 valence electrons. The van der Waals surface area contributed by atoms with Crippen LogP contribution in [0.15, 0.2) is 18.2 Å². The van der Waals surface area contributed by atoms with Crippen LogP contribution in [0.2, 0.25) is 10.0 Å². The smallest absolute Gasteiger partial charge is 0.338 e. The second kappa shape index (κ2) is 6.36. The number of esters is 1. The lowest BCUT2D eigenvalue weighted by Crippen LogP contribution is -2.35. The minimum absolute atomic E-state index is 0.446. The molecule has 1 aromatic rings. The van der Waals surface area contributed by atoms with E-state index < -0.39 is 24.0 Å². The monoisotopic (exact) mass is 344 g/mol. The van der Waals surface area contributed by atoms with Crippen LogP contribution in [0, 0.1) is 0 Å². The lowest BCUT2D eigenvalue weighted by Gasteiger charge is -2.31. The van der Waals surface area contributed by atoms with Gasteiger partial charge < -0.3 is 14.2 Å². The summed E-state index contributed by atoms with van der Waals surface area (Å²) in [7, 11) is 1.35. The fraction of sp³-hybridized carbons (Fsp3) is 0.562. The van der Waals surface area contributed by atoms with E-state index in [1.54, 1.807) is 18.2 Å². The standard InChI is InChI=1S/C16H18Cl2O4/c1-20-15(19)14-13(11-6-5-10(17)9-12(11)18)21-16(22-14)7-3-2-4-8-16/h5-6,9,13-14H,2-4,7-8H2,1H3. The second-order valence-electron chi connectivity index (χ2n) is 5.74. The third-order valence-corrected chi connectivity index (χ3v) is 4.84. The van der Waals surface area contributed by atoms with Crippen molar-refractivity contribution < 1.29 is 19.0 Å². The van der Waals surface area contributed by atoms with Crippen LogP contribution in [-0.2, 0) is 19.0 Å². The Labute approximate surface area is 139 Å². The van der Waals surface area contributed by atoms with Gasteiger partial charge in [-0.2, -0.15) is 0 Å². The van der Waals surface area contributed by atoms with Crippen LogP contribution in [0.4, 0.5) is 0 Å². The predicted octanol–water partition coefficient (Wildman–Crippen LogP) is 4.28. The van der Waals surface area contributed by atoms with Crippen molar-refractivity contribution in [2.45, 2.75) is 50.1 Å². The van der Waals surface area contributed by atoms with Crippen molar-refractivity contribution in [2.24, 2.45) is 0 Å². The van der Waals surface area contributed by atoms with E-state index in [0.717, 1.165) is 32.1 Å². The van der Waals surface area contributed by atoms with Crippen LogP contribution < -0.4 is 0 Å². The molecule has 1 saturated carbocycles. The number of hydrogen-bond donors (Lipinski definition) is 0. The first kappa shape index (κ1) is 16.1. The fourth-order valence-electron chi connectivity index (χ4n) is 3.19. The number of ether oxygens (including phenoxy) is 3. The highest BCUT2D eigenvalue weighted by molar-refractivity contribution is 6.35. The summed E-state index contributed by atoms with van der Waals surface area (Å²) in [6.45, 7) is 0. The van der Waals surface area contributed by atoms with Gasteiger partial charge in [-0.15, -0.1) is 0 Å². The summed E-state index contributed by atoms with van der Waals surface area (Å²) in [5, 5.41) is 0.998. The van der Waals surface area contributed by atoms with Gasteiger partial charge in [0.2, 0.25) is 0 Å². The van der Waals surface area contributed by atoms with Crippen molar-refractivity contribution in [2.75, 3.05) is 7.11 Å². The molecule has 0 aromatic heterocycles. The van der Waals surface area contributed by atoms with E-state index in [1.165, 1.54) is 7.11 Å². The molecule has 0 N–H and O–H groups in total. The zero-order chi connectivity index (χ0) is 15.7. The summed E-state index contributed by atoms with van der Waals surface area (Å²) in [6, 6.07) is 5.14. The molecule has 22 heavy (non-hydrogen) atoms. The fourth-order valence-corrected chi connectivity index (χ4v) is 3.70. The Morgan fingerprint density at radius 2 is 1.95 bits per heavy atom. The predicted molar refractivity (Wildman–Crippen MR) is 83.0 cm³/mol. The Hall–Kier alpha value is -0.810. The Kier molecular flexibility index (Phi) is 4.64. The van der Waals surface area contributed by atoms with Crippen molar-refractivity contribution in [3.8, 4) is 0 Å². The highest BCUT2D eigenvalue weighted by Gasteiger charge is 2.52. The maximum atomic E-state index is 12.1. The zero-order valence-corrected chi connectivity index (χ0v) is 13.8. The van der Waals surface area contributed by atoms with Crippen molar-refractivity contribution in [1.29, 1.82) is 0 Å². The minimum atomic E-state index is -0.804. The number of rotatable bonds is 2. The second-order valence-corrected chi connectivity index (χ2v) is 6.58. The van der Waals surface area contributed by atoms with Gasteiger partial charge in [0.25, 0.3) is 0 Å². The molecule has 1 aromatic carbocycles. The highest BCUT2D eigenvalue weighted by atomic mass is 35.5. The lowest BCUT2D eigenvalue weighted by molar-refractivity contribution is -0.199. The molecule has 1 heterocycles. The first-order chi connectivity index (χ1) is 10.5. The van der Waals surface area contributed by atoms with Crippen LogP contribution in [0.3, 0.4) is 0 Å². The molecule has 2 aliphatic rings. The average molecular weight is 345 g/mol. The van der Waals surface area contributed by atoms with Crippen LogP contribution in [0.1, 0.15) is 43.8 Å². The Bertz CT molecular complexity index is 569. The van der Waals surface area contributed by atoms with Gasteiger partial charge in [-0.3, -0.25) is 0 Å². The molecule has 1 spiro atoms. The van der Waals surface area contributed by atoms with E-state index in [9.17, 15) is 4.79 Å². The van der Waals surface area contributed by atoms with Crippen molar-refractivity contribution in [3.63, 3.8) is 0 Å². The molecule has 3 rings (SSSR count). The van der Waals surface area contributed by atoms with E-state index in [4.69, 9.17) is 37.4 Å². The van der Waals surface area contributed by atoms with Crippen LogP contribution in [0.25, 0.3) is 0 Å². The van der Waals surface area contributed by atoms with Gasteiger partial charge in [-0.1, -0.05) is 35.7 Å². The van der Waals surface area contributed by atoms with E-state index in [-0.39, 0.29) is 0 Å². The quantitative estimate of drug-likeness (QED) is 0.751.